The van der Waals surface area contributed by atoms with Crippen molar-refractivity contribution in [3.63, 3.8) is 0 Å². The lowest BCUT2D eigenvalue weighted by molar-refractivity contribution is 0.444. The predicted octanol–water partition coefficient (Wildman–Crippen LogP) is 2.68. The molecule has 0 bridgehead atoms. The number of nitrogens with zero attached hydrogens (tertiary/aromatic N) is 2. The molecule has 0 aliphatic heterocycles. The van der Waals surface area contributed by atoms with Gasteiger partial charge in [-0.1, -0.05) is 0 Å². The molecule has 0 saturated heterocycles. The van der Waals surface area contributed by atoms with Crippen molar-refractivity contribution in [2.24, 2.45) is 0 Å². The fourth-order valence-electron chi connectivity index (χ4n) is 1.39. The van der Waals surface area contributed by atoms with Gasteiger partial charge in [-0.25, -0.2) is 4.98 Å². The summed E-state index contributed by atoms with van der Waals surface area (Å²) in [6.07, 6.45) is 5.35. The minimum Gasteiger partial charge on any atom is -0.366 e. The van der Waals surface area contributed by atoms with Crippen molar-refractivity contribution < 1.29 is 0 Å². The molecule has 1 heterocycles. The van der Waals surface area contributed by atoms with Crippen molar-refractivity contribution in [3.8, 4) is 6.07 Å². The van der Waals surface area contributed by atoms with Crippen LogP contribution in [-0.2, 0) is 0 Å². The highest BCUT2D eigenvalue weighted by Crippen LogP contribution is 2.24. The van der Waals surface area contributed by atoms with Crippen molar-refractivity contribution in [2.75, 3.05) is 5.32 Å². The second kappa shape index (κ2) is 3.97. The molecule has 1 fully saturated rings. The molecule has 1 aromatic heterocycles. The summed E-state index contributed by atoms with van der Waals surface area (Å²) in [5, 5.41) is 12.2. The van der Waals surface area contributed by atoms with Gasteiger partial charge in [-0.05, 0) is 41.3 Å². The van der Waals surface area contributed by atoms with E-state index in [9.17, 15) is 0 Å². The van der Waals surface area contributed by atoms with Gasteiger partial charge in [0.1, 0.15) is 11.9 Å². The summed E-state index contributed by atoms with van der Waals surface area (Å²) in [5.41, 5.74) is 0.603. The van der Waals surface area contributed by atoms with Crippen molar-refractivity contribution >= 4 is 21.7 Å². The van der Waals surface area contributed by atoms with Gasteiger partial charge in [0, 0.05) is 16.7 Å². The molecule has 1 aliphatic carbocycles. The van der Waals surface area contributed by atoms with Gasteiger partial charge in [0.2, 0.25) is 0 Å². The lowest BCUT2D eigenvalue weighted by Gasteiger charge is -2.27. The second-order valence-electron chi connectivity index (χ2n) is 3.43. The van der Waals surface area contributed by atoms with E-state index in [1.807, 2.05) is 0 Å². The summed E-state index contributed by atoms with van der Waals surface area (Å²) in [7, 11) is 0. The van der Waals surface area contributed by atoms with E-state index in [0.29, 0.717) is 17.4 Å². The fraction of sp³-hybridized carbons (Fsp3) is 0.400. The molecule has 0 atom stereocenters. The van der Waals surface area contributed by atoms with Gasteiger partial charge in [0.05, 0.1) is 5.56 Å². The van der Waals surface area contributed by atoms with Gasteiger partial charge in [0.15, 0.2) is 0 Å². The molecule has 4 heteroatoms. The normalized spacial score (nSPS) is 15.7. The Hall–Kier alpha value is -1.08. The third-order valence-corrected chi connectivity index (χ3v) is 2.85. The predicted molar refractivity (Wildman–Crippen MR) is 57.9 cm³/mol. The second-order valence-corrected chi connectivity index (χ2v) is 4.35. The molecule has 2 rings (SSSR count). The topological polar surface area (TPSA) is 48.7 Å². The Morgan fingerprint density at radius 1 is 1.57 bits per heavy atom. The quantitative estimate of drug-likeness (QED) is 0.880. The van der Waals surface area contributed by atoms with Crippen LogP contribution in [0, 0.1) is 11.3 Å². The first-order valence-corrected chi connectivity index (χ1v) is 5.41. The summed E-state index contributed by atoms with van der Waals surface area (Å²) in [6, 6.07) is 4.43. The number of aromatic nitrogens is 1. The van der Waals surface area contributed by atoms with Gasteiger partial charge >= 0.3 is 0 Å². The summed E-state index contributed by atoms with van der Waals surface area (Å²) in [5.74, 6) is 0.709. The van der Waals surface area contributed by atoms with Gasteiger partial charge in [-0.3, -0.25) is 0 Å². The van der Waals surface area contributed by atoms with Crippen LogP contribution >= 0.6 is 15.9 Å². The lowest BCUT2D eigenvalue weighted by atomic mass is 9.93. The molecule has 0 spiro atoms. The standard InChI is InChI=1S/C10H10BrN3/c11-8-4-7(5-12)10(13-6-8)14-9-2-1-3-9/h4,6,9H,1-3H2,(H,13,14). The SMILES string of the molecule is N#Cc1cc(Br)cnc1NC1CCC1. The zero-order valence-electron chi connectivity index (χ0n) is 7.63. The molecular formula is C10H10BrN3. The van der Waals surface area contributed by atoms with Crippen molar-refractivity contribution in [3.05, 3.63) is 22.3 Å². The Kier molecular flexibility index (Phi) is 2.69. The van der Waals surface area contributed by atoms with E-state index in [1.165, 1.54) is 19.3 Å². The monoisotopic (exact) mass is 251 g/mol. The van der Waals surface area contributed by atoms with Crippen LogP contribution in [0.15, 0.2) is 16.7 Å². The van der Waals surface area contributed by atoms with Crippen LogP contribution in [0.2, 0.25) is 0 Å². The average molecular weight is 252 g/mol. The lowest BCUT2D eigenvalue weighted by Crippen LogP contribution is -2.27. The molecule has 1 aliphatic rings. The van der Waals surface area contributed by atoms with E-state index in [0.717, 1.165) is 4.47 Å². The molecule has 0 radical (unpaired) electrons. The molecule has 1 N–H and O–H groups in total. The molecule has 3 nitrogen and oxygen atoms in total. The first-order valence-electron chi connectivity index (χ1n) is 4.62. The molecular weight excluding hydrogens is 242 g/mol. The molecule has 1 saturated carbocycles. The van der Waals surface area contributed by atoms with Crippen LogP contribution in [0.1, 0.15) is 24.8 Å². The van der Waals surface area contributed by atoms with E-state index in [1.54, 1.807) is 12.3 Å². The Balaban J connectivity index is 2.19. The molecule has 0 unspecified atom stereocenters. The van der Waals surface area contributed by atoms with Crippen LogP contribution in [0.3, 0.4) is 0 Å². The number of anilines is 1. The highest BCUT2D eigenvalue weighted by Gasteiger charge is 2.18. The highest BCUT2D eigenvalue weighted by molar-refractivity contribution is 9.10. The first-order chi connectivity index (χ1) is 6.79. The number of pyridine rings is 1. The number of rotatable bonds is 2. The number of nitriles is 1. The van der Waals surface area contributed by atoms with Crippen molar-refractivity contribution in [1.82, 2.24) is 4.98 Å². The van der Waals surface area contributed by atoms with Crippen LogP contribution in [0.4, 0.5) is 5.82 Å². The Morgan fingerprint density at radius 2 is 2.36 bits per heavy atom. The maximum atomic E-state index is 8.90. The summed E-state index contributed by atoms with van der Waals surface area (Å²) in [4.78, 5) is 4.19. The summed E-state index contributed by atoms with van der Waals surface area (Å²) >= 11 is 3.29. The third-order valence-electron chi connectivity index (χ3n) is 2.42. The molecule has 72 valence electrons. The molecule has 0 aromatic carbocycles. The van der Waals surface area contributed by atoms with Crippen LogP contribution < -0.4 is 5.32 Å². The average Bonchev–Trinajstić information content (AvgIpc) is 2.13. The minimum absolute atomic E-state index is 0.510. The summed E-state index contributed by atoms with van der Waals surface area (Å²) < 4.78 is 0.841. The van der Waals surface area contributed by atoms with E-state index in [4.69, 9.17) is 5.26 Å². The molecule has 14 heavy (non-hydrogen) atoms. The largest absolute Gasteiger partial charge is 0.366 e. The van der Waals surface area contributed by atoms with E-state index in [2.05, 4.69) is 32.3 Å². The third kappa shape index (κ3) is 1.88. The van der Waals surface area contributed by atoms with Crippen LogP contribution in [-0.4, -0.2) is 11.0 Å². The maximum absolute atomic E-state index is 8.90. The maximum Gasteiger partial charge on any atom is 0.144 e. The Bertz CT molecular complexity index is 379. The number of hydrogen-bond donors (Lipinski definition) is 1. The van der Waals surface area contributed by atoms with Crippen LogP contribution in [0.5, 0.6) is 0 Å². The van der Waals surface area contributed by atoms with Gasteiger partial charge < -0.3 is 5.32 Å². The van der Waals surface area contributed by atoms with E-state index in [-0.39, 0.29) is 0 Å². The van der Waals surface area contributed by atoms with Crippen LogP contribution in [0.25, 0.3) is 0 Å². The van der Waals surface area contributed by atoms with Gasteiger partial charge in [0.25, 0.3) is 0 Å². The molecule has 0 amide bonds. The van der Waals surface area contributed by atoms with Gasteiger partial charge in [-0.2, -0.15) is 5.26 Å². The smallest absolute Gasteiger partial charge is 0.144 e. The first kappa shape index (κ1) is 9.47. The van der Waals surface area contributed by atoms with Crippen molar-refractivity contribution in [2.45, 2.75) is 25.3 Å². The van der Waals surface area contributed by atoms with Crippen molar-refractivity contribution in [1.29, 1.82) is 5.26 Å². The Morgan fingerprint density at radius 3 is 2.93 bits per heavy atom. The number of hydrogen-bond acceptors (Lipinski definition) is 3. The zero-order chi connectivity index (χ0) is 9.97. The minimum atomic E-state index is 0.510. The fourth-order valence-corrected chi connectivity index (χ4v) is 1.72. The number of halogens is 1. The highest BCUT2D eigenvalue weighted by atomic mass is 79.9. The van der Waals surface area contributed by atoms with E-state index >= 15 is 0 Å². The van der Waals surface area contributed by atoms with E-state index < -0.39 is 0 Å². The zero-order valence-corrected chi connectivity index (χ0v) is 9.21. The summed E-state index contributed by atoms with van der Waals surface area (Å²) in [6.45, 7) is 0. The van der Waals surface area contributed by atoms with Gasteiger partial charge in [-0.15, -0.1) is 0 Å². The number of nitrogens with one attached hydrogen (secondary N) is 1. The Labute approximate surface area is 91.3 Å². The molecule has 1 aromatic rings.